The van der Waals surface area contributed by atoms with E-state index in [0.29, 0.717) is 12.0 Å². The van der Waals surface area contributed by atoms with E-state index in [1.165, 1.54) is 32.1 Å². The van der Waals surface area contributed by atoms with Crippen LogP contribution in [0.2, 0.25) is 0 Å². The summed E-state index contributed by atoms with van der Waals surface area (Å²) in [7, 11) is 1.41. The van der Waals surface area contributed by atoms with Gasteiger partial charge in [0.05, 0.1) is 7.11 Å². The van der Waals surface area contributed by atoms with Crippen LogP contribution >= 0.6 is 0 Å². The second kappa shape index (κ2) is 5.89. The Morgan fingerprint density at radius 1 is 1.29 bits per heavy atom. The number of halogens is 2. The molecule has 0 aliphatic carbocycles. The average Bonchev–Trinajstić information content (AvgIpc) is 2.86. The lowest BCUT2D eigenvalue weighted by molar-refractivity contribution is 0.197. The third-order valence-electron chi connectivity index (χ3n) is 4.81. The molecule has 116 valence electrons. The zero-order valence-corrected chi connectivity index (χ0v) is 12.4. The summed E-state index contributed by atoms with van der Waals surface area (Å²) in [5, 5.41) is 3.45. The van der Waals surface area contributed by atoms with Crippen LogP contribution < -0.4 is 10.1 Å². The third-order valence-corrected chi connectivity index (χ3v) is 4.81. The van der Waals surface area contributed by atoms with Gasteiger partial charge >= 0.3 is 0 Å². The maximum absolute atomic E-state index is 14.0. The summed E-state index contributed by atoms with van der Waals surface area (Å²) in [6.07, 6.45) is 3.52. The van der Waals surface area contributed by atoms with Crippen molar-refractivity contribution in [3.05, 3.63) is 29.3 Å². The first-order valence-corrected chi connectivity index (χ1v) is 7.57. The molecule has 0 bridgehead atoms. The van der Waals surface area contributed by atoms with Gasteiger partial charge in [-0.25, -0.2) is 8.78 Å². The molecule has 2 aliphatic heterocycles. The van der Waals surface area contributed by atoms with Crippen LogP contribution in [-0.2, 0) is 6.54 Å². The van der Waals surface area contributed by atoms with Crippen LogP contribution in [0.3, 0.4) is 0 Å². The number of hydrogen-bond acceptors (Lipinski definition) is 3. The summed E-state index contributed by atoms with van der Waals surface area (Å²) >= 11 is 0. The lowest BCUT2D eigenvalue weighted by Crippen LogP contribution is -2.41. The lowest BCUT2D eigenvalue weighted by atomic mass is 9.80. The molecule has 0 aromatic heterocycles. The Morgan fingerprint density at radius 3 is 2.67 bits per heavy atom. The molecular weight excluding hydrogens is 274 g/mol. The molecule has 2 saturated heterocycles. The Hall–Kier alpha value is -1.20. The Labute approximate surface area is 124 Å². The summed E-state index contributed by atoms with van der Waals surface area (Å²) in [4.78, 5) is 2.17. The number of rotatable bonds is 3. The molecule has 21 heavy (non-hydrogen) atoms. The van der Waals surface area contributed by atoms with E-state index in [4.69, 9.17) is 4.74 Å². The van der Waals surface area contributed by atoms with Gasteiger partial charge in [0, 0.05) is 37.3 Å². The molecular formula is C16H22F2N2O. The molecule has 0 radical (unpaired) electrons. The summed E-state index contributed by atoms with van der Waals surface area (Å²) in [6.45, 7) is 4.28. The maximum Gasteiger partial charge on any atom is 0.134 e. The molecule has 1 atom stereocenters. The maximum atomic E-state index is 14.0. The van der Waals surface area contributed by atoms with Gasteiger partial charge in [-0.05, 0) is 37.8 Å². The Balaban J connectivity index is 1.70. The van der Waals surface area contributed by atoms with Gasteiger partial charge in [-0.3, -0.25) is 4.90 Å². The highest BCUT2D eigenvalue weighted by molar-refractivity contribution is 5.30. The number of ether oxygens (including phenoxy) is 1. The Bertz CT molecular complexity index is 492. The molecule has 0 saturated carbocycles. The minimum atomic E-state index is -0.519. The van der Waals surface area contributed by atoms with E-state index in [1.54, 1.807) is 0 Å². The number of methoxy groups -OCH3 is 1. The SMILES string of the molecule is COc1cc(F)c(CN2CC[C@]3(CCCNC3)C2)c(F)c1. The number of hydrogen-bond donors (Lipinski definition) is 1. The van der Waals surface area contributed by atoms with Gasteiger partial charge in [0.25, 0.3) is 0 Å². The predicted octanol–water partition coefficient (Wildman–Crippen LogP) is 2.55. The summed E-state index contributed by atoms with van der Waals surface area (Å²) in [5.74, 6) is -0.813. The van der Waals surface area contributed by atoms with Gasteiger partial charge in [0.15, 0.2) is 0 Å². The van der Waals surface area contributed by atoms with Gasteiger partial charge in [-0.15, -0.1) is 0 Å². The first kappa shape index (κ1) is 14.7. The normalized spacial score (nSPS) is 26.4. The van der Waals surface area contributed by atoms with E-state index >= 15 is 0 Å². The van der Waals surface area contributed by atoms with Crippen molar-refractivity contribution in [1.29, 1.82) is 0 Å². The van der Waals surface area contributed by atoms with Crippen molar-refractivity contribution in [1.82, 2.24) is 10.2 Å². The van der Waals surface area contributed by atoms with Crippen LogP contribution in [0.4, 0.5) is 8.78 Å². The number of likely N-dealkylation sites (tertiary alicyclic amines) is 1. The van der Waals surface area contributed by atoms with Crippen LogP contribution in [0.1, 0.15) is 24.8 Å². The van der Waals surface area contributed by atoms with Gasteiger partial charge in [0.2, 0.25) is 0 Å². The number of piperidine rings is 1. The smallest absolute Gasteiger partial charge is 0.134 e. The Morgan fingerprint density at radius 2 is 2.05 bits per heavy atom. The van der Waals surface area contributed by atoms with Crippen molar-refractivity contribution in [2.45, 2.75) is 25.8 Å². The molecule has 2 fully saturated rings. The van der Waals surface area contributed by atoms with Crippen molar-refractivity contribution in [2.75, 3.05) is 33.3 Å². The van der Waals surface area contributed by atoms with Crippen molar-refractivity contribution >= 4 is 0 Å². The summed E-state index contributed by atoms with van der Waals surface area (Å²) in [6, 6.07) is 2.51. The highest BCUT2D eigenvalue weighted by Gasteiger charge is 2.39. The highest BCUT2D eigenvalue weighted by atomic mass is 19.1. The first-order valence-electron chi connectivity index (χ1n) is 7.57. The Kier molecular flexibility index (Phi) is 4.13. The van der Waals surface area contributed by atoms with E-state index in [-0.39, 0.29) is 11.3 Å². The van der Waals surface area contributed by atoms with Gasteiger partial charge < -0.3 is 10.1 Å². The molecule has 5 heteroatoms. The van der Waals surface area contributed by atoms with Gasteiger partial charge in [0.1, 0.15) is 17.4 Å². The van der Waals surface area contributed by atoms with E-state index in [9.17, 15) is 8.78 Å². The van der Waals surface area contributed by atoms with Crippen molar-refractivity contribution in [3.8, 4) is 5.75 Å². The van der Waals surface area contributed by atoms with Crippen molar-refractivity contribution in [3.63, 3.8) is 0 Å². The minimum absolute atomic E-state index is 0.150. The molecule has 0 amide bonds. The molecule has 2 heterocycles. The van der Waals surface area contributed by atoms with Crippen LogP contribution in [0.15, 0.2) is 12.1 Å². The molecule has 1 aromatic rings. The predicted molar refractivity (Wildman–Crippen MR) is 77.3 cm³/mol. The van der Waals surface area contributed by atoms with Crippen LogP contribution in [0.5, 0.6) is 5.75 Å². The zero-order chi connectivity index (χ0) is 14.9. The summed E-state index contributed by atoms with van der Waals surface area (Å²) in [5.41, 5.74) is 0.453. The molecule has 1 aromatic carbocycles. The van der Waals surface area contributed by atoms with Crippen LogP contribution in [-0.4, -0.2) is 38.2 Å². The fourth-order valence-electron chi connectivity index (χ4n) is 3.61. The molecule has 0 unspecified atom stereocenters. The average molecular weight is 296 g/mol. The monoisotopic (exact) mass is 296 g/mol. The fraction of sp³-hybridized carbons (Fsp3) is 0.625. The second-order valence-corrected chi connectivity index (χ2v) is 6.31. The van der Waals surface area contributed by atoms with Gasteiger partial charge in [-0.2, -0.15) is 0 Å². The number of nitrogens with zero attached hydrogens (tertiary/aromatic N) is 1. The quantitative estimate of drug-likeness (QED) is 0.928. The van der Waals surface area contributed by atoms with Crippen molar-refractivity contribution < 1.29 is 13.5 Å². The van der Waals surface area contributed by atoms with E-state index in [2.05, 4.69) is 10.2 Å². The first-order chi connectivity index (χ1) is 10.1. The standard InChI is InChI=1S/C16H22F2N2O/c1-21-12-7-14(17)13(15(18)8-12)9-20-6-4-16(11-20)3-2-5-19-10-16/h7-8,19H,2-6,9-11H2,1H3/t16-/m0/s1. The van der Waals surface area contributed by atoms with Crippen LogP contribution in [0, 0.1) is 17.0 Å². The topological polar surface area (TPSA) is 24.5 Å². The molecule has 2 aliphatic rings. The molecule has 3 nitrogen and oxygen atoms in total. The van der Waals surface area contributed by atoms with E-state index < -0.39 is 11.6 Å². The summed E-state index contributed by atoms with van der Waals surface area (Å²) < 4.78 is 32.9. The molecule has 1 spiro atoms. The largest absolute Gasteiger partial charge is 0.497 e. The lowest BCUT2D eigenvalue weighted by Gasteiger charge is -2.34. The number of benzene rings is 1. The highest BCUT2D eigenvalue weighted by Crippen LogP contribution is 2.37. The third kappa shape index (κ3) is 3.04. The number of nitrogens with one attached hydrogen (secondary N) is 1. The van der Waals surface area contributed by atoms with Crippen molar-refractivity contribution in [2.24, 2.45) is 5.41 Å². The van der Waals surface area contributed by atoms with Gasteiger partial charge in [-0.1, -0.05) is 0 Å². The fourth-order valence-corrected chi connectivity index (χ4v) is 3.61. The minimum Gasteiger partial charge on any atom is -0.497 e. The van der Waals surface area contributed by atoms with Crippen LogP contribution in [0.25, 0.3) is 0 Å². The zero-order valence-electron chi connectivity index (χ0n) is 12.4. The second-order valence-electron chi connectivity index (χ2n) is 6.31. The molecule has 3 rings (SSSR count). The van der Waals surface area contributed by atoms with E-state index in [1.807, 2.05) is 0 Å². The molecule has 1 N–H and O–H groups in total. The van der Waals surface area contributed by atoms with E-state index in [0.717, 1.165) is 32.6 Å².